The van der Waals surface area contributed by atoms with Crippen molar-refractivity contribution in [1.29, 1.82) is 0 Å². The van der Waals surface area contributed by atoms with Crippen molar-refractivity contribution in [2.75, 3.05) is 6.54 Å². The van der Waals surface area contributed by atoms with E-state index in [0.717, 1.165) is 22.9 Å². The molecule has 0 saturated carbocycles. The lowest BCUT2D eigenvalue weighted by Gasteiger charge is -2.20. The van der Waals surface area contributed by atoms with Crippen molar-refractivity contribution < 1.29 is 15.0 Å². The number of hydrogen-bond acceptors (Lipinski definition) is 3. The van der Waals surface area contributed by atoms with Gasteiger partial charge in [0.2, 0.25) is 0 Å². The van der Waals surface area contributed by atoms with Crippen molar-refractivity contribution in [3.63, 3.8) is 0 Å². The monoisotopic (exact) mass is 343 g/mol. The van der Waals surface area contributed by atoms with E-state index in [1.807, 2.05) is 0 Å². The largest absolute Gasteiger partial charge is 0.478 e. The maximum absolute atomic E-state index is 10.8. The van der Waals surface area contributed by atoms with E-state index in [9.17, 15) is 9.90 Å². The number of aromatic carboxylic acids is 1. The predicted octanol–water partition coefficient (Wildman–Crippen LogP) is 3.03. The van der Waals surface area contributed by atoms with Crippen molar-refractivity contribution in [3.05, 3.63) is 33.8 Å². The van der Waals surface area contributed by atoms with Crippen LogP contribution in [0.1, 0.15) is 42.6 Å². The third-order valence-corrected chi connectivity index (χ3v) is 4.30. The minimum atomic E-state index is -0.936. The molecule has 1 rings (SSSR count). The van der Waals surface area contributed by atoms with Gasteiger partial charge in [-0.15, -0.1) is 0 Å². The number of aliphatic hydroxyl groups is 1. The van der Waals surface area contributed by atoms with E-state index in [-0.39, 0.29) is 11.7 Å². The van der Waals surface area contributed by atoms with Gasteiger partial charge < -0.3 is 15.5 Å². The van der Waals surface area contributed by atoms with E-state index in [2.05, 4.69) is 35.1 Å². The normalized spacial score (nSPS) is 12.7. The van der Waals surface area contributed by atoms with Crippen LogP contribution in [0.4, 0.5) is 0 Å². The zero-order chi connectivity index (χ0) is 15.1. The molecular weight excluding hydrogens is 322 g/mol. The summed E-state index contributed by atoms with van der Waals surface area (Å²) in [6.45, 7) is 5.30. The predicted molar refractivity (Wildman–Crippen MR) is 82.9 cm³/mol. The molecule has 0 amide bonds. The molecule has 0 bridgehead atoms. The summed E-state index contributed by atoms with van der Waals surface area (Å²) >= 11 is 3.37. The fraction of sp³-hybridized carbons (Fsp3) is 0.533. The fourth-order valence-electron chi connectivity index (χ4n) is 2.18. The smallest absolute Gasteiger partial charge is 0.335 e. The summed E-state index contributed by atoms with van der Waals surface area (Å²) in [5, 5.41) is 22.1. The molecule has 0 aliphatic heterocycles. The first-order chi connectivity index (χ1) is 9.49. The number of nitrogens with one attached hydrogen (secondary N) is 1. The molecule has 0 aliphatic rings. The van der Waals surface area contributed by atoms with E-state index in [1.165, 1.54) is 0 Å². The van der Waals surface area contributed by atoms with Crippen molar-refractivity contribution in [1.82, 2.24) is 5.32 Å². The van der Waals surface area contributed by atoms with E-state index in [4.69, 9.17) is 5.11 Å². The standard InChI is InChI=1S/C15H22BrNO3/c1-3-10(4-2)14(18)9-17-8-12-6-5-11(15(19)20)7-13(12)16/h5-7,10,14,17-18H,3-4,8-9H2,1-2H3,(H,19,20). The summed E-state index contributed by atoms with van der Waals surface area (Å²) in [6.07, 6.45) is 1.59. The van der Waals surface area contributed by atoms with Crippen LogP contribution in [0.3, 0.4) is 0 Å². The number of hydrogen-bond donors (Lipinski definition) is 3. The molecule has 0 aromatic heterocycles. The Morgan fingerprint density at radius 2 is 2.00 bits per heavy atom. The quantitative estimate of drug-likeness (QED) is 0.678. The molecule has 5 heteroatoms. The Labute approximate surface area is 128 Å². The highest BCUT2D eigenvalue weighted by molar-refractivity contribution is 9.10. The molecule has 0 saturated heterocycles. The molecule has 0 aliphatic carbocycles. The highest BCUT2D eigenvalue weighted by Crippen LogP contribution is 2.19. The van der Waals surface area contributed by atoms with Gasteiger partial charge >= 0.3 is 5.97 Å². The number of halogens is 1. The van der Waals surface area contributed by atoms with Gasteiger partial charge in [0.25, 0.3) is 0 Å². The Hall–Kier alpha value is -0.910. The molecule has 1 unspecified atom stereocenters. The summed E-state index contributed by atoms with van der Waals surface area (Å²) in [7, 11) is 0. The Balaban J connectivity index is 2.52. The maximum atomic E-state index is 10.8. The number of carbonyl (C=O) groups is 1. The maximum Gasteiger partial charge on any atom is 0.335 e. The third kappa shape index (κ3) is 4.89. The van der Waals surface area contributed by atoms with Crippen LogP contribution < -0.4 is 5.32 Å². The van der Waals surface area contributed by atoms with E-state index < -0.39 is 5.97 Å². The average Bonchev–Trinajstić information content (AvgIpc) is 2.41. The zero-order valence-corrected chi connectivity index (χ0v) is 13.5. The van der Waals surface area contributed by atoms with Gasteiger partial charge in [-0.05, 0) is 23.6 Å². The lowest BCUT2D eigenvalue weighted by Crippen LogP contribution is -2.32. The van der Waals surface area contributed by atoms with Crippen LogP contribution in [0.2, 0.25) is 0 Å². The van der Waals surface area contributed by atoms with Crippen LogP contribution in [-0.4, -0.2) is 28.8 Å². The molecule has 20 heavy (non-hydrogen) atoms. The van der Waals surface area contributed by atoms with Crippen LogP contribution in [0.15, 0.2) is 22.7 Å². The molecule has 0 spiro atoms. The number of benzene rings is 1. The first-order valence-electron chi connectivity index (χ1n) is 6.90. The minimum absolute atomic E-state index is 0.262. The van der Waals surface area contributed by atoms with Crippen LogP contribution in [0.25, 0.3) is 0 Å². The molecule has 4 nitrogen and oxygen atoms in total. The van der Waals surface area contributed by atoms with Gasteiger partial charge in [-0.2, -0.15) is 0 Å². The third-order valence-electron chi connectivity index (χ3n) is 3.56. The molecule has 112 valence electrons. The molecule has 1 atom stereocenters. The van der Waals surface area contributed by atoms with Gasteiger partial charge in [-0.25, -0.2) is 4.79 Å². The van der Waals surface area contributed by atoms with Gasteiger partial charge in [-0.1, -0.05) is 48.7 Å². The second-order valence-corrected chi connectivity index (χ2v) is 5.74. The van der Waals surface area contributed by atoms with Crippen molar-refractivity contribution in [3.8, 4) is 0 Å². The van der Waals surface area contributed by atoms with Gasteiger partial charge in [-0.3, -0.25) is 0 Å². The Bertz CT molecular complexity index is 447. The van der Waals surface area contributed by atoms with Crippen LogP contribution in [0, 0.1) is 5.92 Å². The Morgan fingerprint density at radius 1 is 1.35 bits per heavy atom. The molecule has 0 heterocycles. The van der Waals surface area contributed by atoms with Gasteiger partial charge in [0, 0.05) is 17.6 Å². The number of carboxylic acid groups (broad SMARTS) is 1. The molecule has 1 aromatic rings. The molecular formula is C15H22BrNO3. The van der Waals surface area contributed by atoms with Crippen molar-refractivity contribution in [2.45, 2.75) is 39.3 Å². The van der Waals surface area contributed by atoms with Crippen molar-refractivity contribution in [2.24, 2.45) is 5.92 Å². The van der Waals surface area contributed by atoms with Gasteiger partial charge in [0.1, 0.15) is 0 Å². The molecule has 0 radical (unpaired) electrons. The summed E-state index contributed by atoms with van der Waals surface area (Å²) in [6, 6.07) is 4.96. The zero-order valence-electron chi connectivity index (χ0n) is 11.9. The SMILES string of the molecule is CCC(CC)C(O)CNCc1ccc(C(=O)O)cc1Br. The molecule has 0 fully saturated rings. The number of aliphatic hydroxyl groups excluding tert-OH is 1. The van der Waals surface area contributed by atoms with Crippen molar-refractivity contribution >= 4 is 21.9 Å². The van der Waals surface area contributed by atoms with Crippen LogP contribution in [0.5, 0.6) is 0 Å². The number of carboxylic acids is 1. The van der Waals surface area contributed by atoms with E-state index in [1.54, 1.807) is 18.2 Å². The number of rotatable bonds is 8. The summed E-state index contributed by atoms with van der Waals surface area (Å²) in [4.78, 5) is 10.8. The minimum Gasteiger partial charge on any atom is -0.478 e. The lowest BCUT2D eigenvalue weighted by molar-refractivity contribution is 0.0696. The molecule has 3 N–H and O–H groups in total. The molecule has 1 aromatic carbocycles. The average molecular weight is 344 g/mol. The first-order valence-corrected chi connectivity index (χ1v) is 7.69. The van der Waals surface area contributed by atoms with Gasteiger partial charge in [0.05, 0.1) is 11.7 Å². The van der Waals surface area contributed by atoms with Crippen LogP contribution >= 0.6 is 15.9 Å². The summed E-state index contributed by atoms with van der Waals surface area (Å²) in [5.41, 5.74) is 1.24. The Morgan fingerprint density at radius 3 is 2.50 bits per heavy atom. The summed E-state index contributed by atoms with van der Waals surface area (Å²) in [5.74, 6) is -0.616. The Kier molecular flexibility index (Phi) is 7.19. The lowest BCUT2D eigenvalue weighted by atomic mass is 9.96. The van der Waals surface area contributed by atoms with Crippen LogP contribution in [-0.2, 0) is 6.54 Å². The first kappa shape index (κ1) is 17.1. The second kappa shape index (κ2) is 8.39. The highest BCUT2D eigenvalue weighted by Gasteiger charge is 2.15. The second-order valence-electron chi connectivity index (χ2n) is 4.89. The summed E-state index contributed by atoms with van der Waals surface area (Å²) < 4.78 is 0.766. The fourth-order valence-corrected chi connectivity index (χ4v) is 2.70. The topological polar surface area (TPSA) is 69.6 Å². The highest BCUT2D eigenvalue weighted by atomic mass is 79.9. The van der Waals surface area contributed by atoms with E-state index in [0.29, 0.717) is 19.0 Å². The van der Waals surface area contributed by atoms with Gasteiger partial charge in [0.15, 0.2) is 0 Å². The van der Waals surface area contributed by atoms with E-state index >= 15 is 0 Å².